The summed E-state index contributed by atoms with van der Waals surface area (Å²) in [5.74, 6) is -0.418. The minimum absolute atomic E-state index is 0.170. The lowest BCUT2D eigenvalue weighted by atomic mass is 9.63. The van der Waals surface area contributed by atoms with Gasteiger partial charge in [-0.15, -0.1) is 0 Å². The lowest BCUT2D eigenvalue weighted by Crippen LogP contribution is -2.30. The number of alkyl halides is 3. The second-order valence-corrected chi connectivity index (χ2v) is 9.02. The largest absolute Gasteiger partial charge is 0.422 e. The second kappa shape index (κ2) is 7.88. The molecule has 0 N–H and O–H groups in total. The van der Waals surface area contributed by atoms with Gasteiger partial charge in [0.05, 0.1) is 0 Å². The standard InChI is InChI=1S/C24H27F5/c1-2-3-14-4-5-16-11-17(7-6-15(16)10-14)18-8-9-20-19(12-18)13-21(25)22(23(20)26)24(27,28)29/h8-9,12-17H,2-7,10-11H2,1H3/t14-,15?,16-,17?/m1/s1. The molecule has 0 aliphatic heterocycles. The first-order valence-corrected chi connectivity index (χ1v) is 10.8. The van der Waals surface area contributed by atoms with Gasteiger partial charge in [-0.1, -0.05) is 44.4 Å². The van der Waals surface area contributed by atoms with Gasteiger partial charge in [0.1, 0.15) is 17.2 Å². The van der Waals surface area contributed by atoms with E-state index in [1.807, 2.05) is 0 Å². The van der Waals surface area contributed by atoms with Crippen molar-refractivity contribution in [3.05, 3.63) is 47.0 Å². The van der Waals surface area contributed by atoms with Crippen molar-refractivity contribution in [2.75, 3.05) is 0 Å². The summed E-state index contributed by atoms with van der Waals surface area (Å²) in [6, 6.07) is 5.64. The number of hydrogen-bond acceptors (Lipinski definition) is 0. The maximum absolute atomic E-state index is 14.4. The van der Waals surface area contributed by atoms with Crippen LogP contribution < -0.4 is 0 Å². The molecule has 2 aromatic carbocycles. The number of halogens is 5. The Bertz CT molecular complexity index is 885. The maximum atomic E-state index is 14.4. The molecule has 2 aliphatic rings. The first-order valence-electron chi connectivity index (χ1n) is 10.8. The zero-order chi connectivity index (χ0) is 20.8. The lowest BCUT2D eigenvalue weighted by molar-refractivity contribution is -0.142. The zero-order valence-corrected chi connectivity index (χ0v) is 16.7. The van der Waals surface area contributed by atoms with Crippen LogP contribution in [0.2, 0.25) is 0 Å². The average Bonchev–Trinajstić information content (AvgIpc) is 2.66. The Morgan fingerprint density at radius 2 is 1.66 bits per heavy atom. The van der Waals surface area contributed by atoms with Crippen molar-refractivity contribution >= 4 is 10.8 Å². The quantitative estimate of drug-likeness (QED) is 0.447. The van der Waals surface area contributed by atoms with Gasteiger partial charge in [-0.25, -0.2) is 8.78 Å². The molecule has 2 saturated carbocycles. The van der Waals surface area contributed by atoms with E-state index >= 15 is 0 Å². The van der Waals surface area contributed by atoms with Crippen LogP contribution in [0.4, 0.5) is 22.0 Å². The van der Waals surface area contributed by atoms with Crippen LogP contribution in [0.1, 0.15) is 75.3 Å². The van der Waals surface area contributed by atoms with Gasteiger partial charge in [-0.3, -0.25) is 0 Å². The third kappa shape index (κ3) is 4.02. The maximum Gasteiger partial charge on any atom is 0.422 e. The second-order valence-electron chi connectivity index (χ2n) is 9.02. The van der Waals surface area contributed by atoms with E-state index in [1.54, 1.807) is 12.1 Å². The molecule has 0 radical (unpaired) electrons. The summed E-state index contributed by atoms with van der Waals surface area (Å²) >= 11 is 0. The van der Waals surface area contributed by atoms with Gasteiger partial charge in [-0.05, 0) is 72.8 Å². The molecule has 2 aromatic rings. The fourth-order valence-electron chi connectivity index (χ4n) is 5.82. The van der Waals surface area contributed by atoms with Crippen molar-refractivity contribution in [1.29, 1.82) is 0 Å². The van der Waals surface area contributed by atoms with Crippen molar-refractivity contribution < 1.29 is 22.0 Å². The van der Waals surface area contributed by atoms with Gasteiger partial charge < -0.3 is 0 Å². The summed E-state index contributed by atoms with van der Waals surface area (Å²) < 4.78 is 67.3. The predicted octanol–water partition coefficient (Wildman–Crippen LogP) is 8.24. The van der Waals surface area contributed by atoms with E-state index < -0.39 is 23.4 Å². The third-order valence-corrected chi connectivity index (χ3v) is 7.23. The van der Waals surface area contributed by atoms with Crippen molar-refractivity contribution in [2.24, 2.45) is 17.8 Å². The Balaban J connectivity index is 1.57. The molecule has 0 heterocycles. The molecule has 5 heteroatoms. The Hall–Kier alpha value is -1.65. The van der Waals surface area contributed by atoms with Crippen LogP contribution in [0.5, 0.6) is 0 Å². The first kappa shape index (κ1) is 20.6. The summed E-state index contributed by atoms with van der Waals surface area (Å²) in [6.07, 6.45) is 4.64. The van der Waals surface area contributed by atoms with Crippen LogP contribution in [0, 0.1) is 29.4 Å². The summed E-state index contributed by atoms with van der Waals surface area (Å²) in [5, 5.41) is 0.0375. The van der Waals surface area contributed by atoms with E-state index in [0.717, 1.165) is 36.3 Å². The molecule has 4 atom stereocenters. The number of benzene rings is 2. The fourth-order valence-corrected chi connectivity index (χ4v) is 5.82. The van der Waals surface area contributed by atoms with Gasteiger partial charge in [-0.2, -0.15) is 13.2 Å². The minimum Gasteiger partial charge on any atom is -0.206 e. The van der Waals surface area contributed by atoms with Crippen LogP contribution in [-0.4, -0.2) is 0 Å². The topological polar surface area (TPSA) is 0 Å². The Morgan fingerprint density at radius 1 is 0.931 bits per heavy atom. The molecule has 2 fully saturated rings. The molecular formula is C24H27F5. The molecule has 2 aliphatic carbocycles. The summed E-state index contributed by atoms with van der Waals surface area (Å²) in [6.45, 7) is 2.24. The van der Waals surface area contributed by atoms with Crippen molar-refractivity contribution in [2.45, 2.75) is 70.4 Å². The van der Waals surface area contributed by atoms with Crippen LogP contribution in [0.3, 0.4) is 0 Å². The SMILES string of the molecule is CCC[C@@H]1CC[C@@H]2CC(c3ccc4c(F)c(C(F)(F)F)c(F)cc4c3)CCC2C1. The van der Waals surface area contributed by atoms with Crippen LogP contribution in [-0.2, 0) is 6.18 Å². The molecular weight excluding hydrogens is 383 g/mol. The van der Waals surface area contributed by atoms with E-state index in [-0.39, 0.29) is 10.8 Å². The first-order chi connectivity index (χ1) is 13.8. The van der Waals surface area contributed by atoms with Gasteiger partial charge in [0, 0.05) is 5.39 Å². The number of hydrogen-bond donors (Lipinski definition) is 0. The predicted molar refractivity (Wildman–Crippen MR) is 105 cm³/mol. The fraction of sp³-hybridized carbons (Fsp3) is 0.583. The van der Waals surface area contributed by atoms with Crippen molar-refractivity contribution in [1.82, 2.24) is 0 Å². The van der Waals surface area contributed by atoms with Crippen molar-refractivity contribution in [3.63, 3.8) is 0 Å². The van der Waals surface area contributed by atoms with Gasteiger partial charge >= 0.3 is 6.18 Å². The summed E-state index contributed by atoms with van der Waals surface area (Å²) in [4.78, 5) is 0. The van der Waals surface area contributed by atoms with E-state index in [0.29, 0.717) is 11.8 Å². The van der Waals surface area contributed by atoms with Gasteiger partial charge in [0.2, 0.25) is 0 Å². The Kier molecular flexibility index (Phi) is 5.60. The molecule has 4 rings (SSSR count). The van der Waals surface area contributed by atoms with Crippen LogP contribution in [0.25, 0.3) is 10.8 Å². The molecule has 29 heavy (non-hydrogen) atoms. The highest BCUT2D eigenvalue weighted by Crippen LogP contribution is 2.48. The minimum atomic E-state index is -5.05. The van der Waals surface area contributed by atoms with E-state index in [4.69, 9.17) is 0 Å². The molecule has 158 valence electrons. The molecule has 0 bridgehead atoms. The molecule has 2 unspecified atom stereocenters. The summed E-state index contributed by atoms with van der Waals surface area (Å²) in [5.41, 5.74) is -0.813. The highest BCUT2D eigenvalue weighted by atomic mass is 19.4. The van der Waals surface area contributed by atoms with Gasteiger partial charge in [0.15, 0.2) is 0 Å². The third-order valence-electron chi connectivity index (χ3n) is 7.23. The van der Waals surface area contributed by atoms with Crippen LogP contribution in [0.15, 0.2) is 24.3 Å². The summed E-state index contributed by atoms with van der Waals surface area (Å²) in [7, 11) is 0. The Labute approximate surface area is 168 Å². The van der Waals surface area contributed by atoms with E-state index in [9.17, 15) is 22.0 Å². The lowest BCUT2D eigenvalue weighted by Gasteiger charge is -2.42. The average molecular weight is 410 g/mol. The zero-order valence-electron chi connectivity index (χ0n) is 16.7. The molecule has 0 aromatic heterocycles. The van der Waals surface area contributed by atoms with Gasteiger partial charge in [0.25, 0.3) is 0 Å². The highest BCUT2D eigenvalue weighted by Gasteiger charge is 2.39. The number of rotatable bonds is 3. The normalized spacial score (nSPS) is 27.8. The molecule has 0 nitrogen and oxygen atoms in total. The van der Waals surface area contributed by atoms with Crippen molar-refractivity contribution in [3.8, 4) is 0 Å². The monoisotopic (exact) mass is 410 g/mol. The van der Waals surface area contributed by atoms with Crippen LogP contribution >= 0.6 is 0 Å². The molecule has 0 amide bonds. The smallest absolute Gasteiger partial charge is 0.206 e. The highest BCUT2D eigenvalue weighted by molar-refractivity contribution is 5.85. The number of fused-ring (bicyclic) bond motifs is 2. The van der Waals surface area contributed by atoms with E-state index in [1.165, 1.54) is 44.6 Å². The van der Waals surface area contributed by atoms with E-state index in [2.05, 4.69) is 6.92 Å². The Morgan fingerprint density at radius 3 is 2.38 bits per heavy atom. The molecule has 0 spiro atoms. The molecule has 0 saturated heterocycles.